The second kappa shape index (κ2) is 6.13. The van der Waals surface area contributed by atoms with Gasteiger partial charge in [-0.25, -0.2) is 0 Å². The highest BCUT2D eigenvalue weighted by atomic mass is 35.5. The van der Waals surface area contributed by atoms with Gasteiger partial charge in [-0.05, 0) is 24.0 Å². The Balaban J connectivity index is 2.14. The van der Waals surface area contributed by atoms with E-state index in [4.69, 9.17) is 11.6 Å². The minimum atomic E-state index is -0.510. The summed E-state index contributed by atoms with van der Waals surface area (Å²) >= 11 is 5.73. The fourth-order valence-electron chi connectivity index (χ4n) is 3.38. The van der Waals surface area contributed by atoms with E-state index in [1.54, 1.807) is 4.90 Å². The Morgan fingerprint density at radius 2 is 2.05 bits per heavy atom. The average molecular weight is 320 g/mol. The quantitative estimate of drug-likeness (QED) is 0.853. The molecule has 5 heteroatoms. The summed E-state index contributed by atoms with van der Waals surface area (Å²) in [6.45, 7) is 0.511. The number of alkyl halides is 1. The maximum atomic E-state index is 12.4. The first-order chi connectivity index (χ1) is 10.6. The molecule has 1 aromatic carbocycles. The molecule has 0 saturated heterocycles. The highest BCUT2D eigenvalue weighted by Gasteiger charge is 2.38. The van der Waals surface area contributed by atoms with Gasteiger partial charge in [0, 0.05) is 19.4 Å². The van der Waals surface area contributed by atoms with Gasteiger partial charge in [0.25, 0.3) is 0 Å². The van der Waals surface area contributed by atoms with Gasteiger partial charge in [0.15, 0.2) is 5.78 Å². The van der Waals surface area contributed by atoms with Crippen LogP contribution in [0, 0.1) is 0 Å². The Hall–Kier alpha value is -1.81. The number of fused-ring (bicyclic) bond motifs is 1. The van der Waals surface area contributed by atoms with Gasteiger partial charge in [-0.15, -0.1) is 11.6 Å². The predicted molar refractivity (Wildman–Crippen MR) is 83.8 cm³/mol. The Morgan fingerprint density at radius 3 is 2.77 bits per heavy atom. The van der Waals surface area contributed by atoms with E-state index in [9.17, 15) is 14.7 Å². The predicted octanol–water partition coefficient (Wildman–Crippen LogP) is 2.92. The lowest BCUT2D eigenvalue weighted by molar-refractivity contribution is -0.131. The summed E-state index contributed by atoms with van der Waals surface area (Å²) in [7, 11) is 0. The van der Waals surface area contributed by atoms with E-state index in [-0.39, 0.29) is 23.3 Å². The second-order valence-corrected chi connectivity index (χ2v) is 5.98. The number of aliphatic hydroxyl groups excluding tert-OH is 1. The van der Waals surface area contributed by atoms with E-state index < -0.39 is 6.04 Å². The molecule has 1 atom stereocenters. The number of halogens is 1. The van der Waals surface area contributed by atoms with Crippen LogP contribution in [0.2, 0.25) is 0 Å². The van der Waals surface area contributed by atoms with E-state index in [0.29, 0.717) is 31.4 Å². The summed E-state index contributed by atoms with van der Waals surface area (Å²) in [5.74, 6) is -0.288. The molecule has 2 aliphatic rings. The molecule has 0 saturated carbocycles. The van der Waals surface area contributed by atoms with E-state index >= 15 is 0 Å². The summed E-state index contributed by atoms with van der Waals surface area (Å²) in [5.41, 5.74) is 2.41. The van der Waals surface area contributed by atoms with Crippen molar-refractivity contribution >= 4 is 23.3 Å². The van der Waals surface area contributed by atoms with Crippen LogP contribution in [0.25, 0.3) is 0 Å². The Bertz CT molecular complexity index is 653. The number of benzene rings is 1. The number of nitrogens with zero attached hydrogens (tertiary/aromatic N) is 1. The molecule has 1 aliphatic heterocycles. The molecule has 22 heavy (non-hydrogen) atoms. The first-order valence-corrected chi connectivity index (χ1v) is 8.05. The van der Waals surface area contributed by atoms with Gasteiger partial charge in [-0.1, -0.05) is 24.3 Å². The Kier molecular flexibility index (Phi) is 4.21. The molecule has 1 aliphatic carbocycles. The third-order valence-corrected chi connectivity index (χ3v) is 4.65. The lowest BCUT2D eigenvalue weighted by atomic mass is 9.82. The molecular weight excluding hydrogens is 302 g/mol. The van der Waals surface area contributed by atoms with Crippen molar-refractivity contribution in [1.82, 2.24) is 4.90 Å². The molecule has 0 aromatic heterocycles. The Labute approximate surface area is 134 Å². The molecule has 1 heterocycles. The molecule has 1 aromatic rings. The number of carbonyl (C=O) groups excluding carboxylic acids is 2. The number of amides is 1. The zero-order valence-corrected chi connectivity index (χ0v) is 13.0. The van der Waals surface area contributed by atoms with Crippen molar-refractivity contribution in [3.8, 4) is 0 Å². The number of rotatable bonds is 2. The van der Waals surface area contributed by atoms with Gasteiger partial charge in [0.1, 0.15) is 11.6 Å². The molecule has 3 rings (SSSR count). The van der Waals surface area contributed by atoms with Crippen LogP contribution in [0.15, 0.2) is 35.6 Å². The van der Waals surface area contributed by atoms with Crippen LogP contribution in [-0.2, 0) is 16.0 Å². The van der Waals surface area contributed by atoms with Gasteiger partial charge in [-0.3, -0.25) is 9.59 Å². The first kappa shape index (κ1) is 15.1. The zero-order valence-electron chi connectivity index (χ0n) is 12.2. The summed E-state index contributed by atoms with van der Waals surface area (Å²) in [6.07, 6.45) is 2.30. The number of ketones is 1. The van der Waals surface area contributed by atoms with Crippen LogP contribution >= 0.6 is 11.6 Å². The van der Waals surface area contributed by atoms with Crippen LogP contribution in [0.4, 0.5) is 0 Å². The third kappa shape index (κ3) is 2.52. The van der Waals surface area contributed by atoms with E-state index in [1.807, 2.05) is 24.3 Å². The van der Waals surface area contributed by atoms with Crippen LogP contribution in [0.1, 0.15) is 36.4 Å². The SMILES string of the molecule is O=C1CCCC(O)=C1[C@H]1c2ccccc2CCN1C(=O)CCl. The average Bonchev–Trinajstić information content (AvgIpc) is 2.54. The summed E-state index contributed by atoms with van der Waals surface area (Å²) < 4.78 is 0. The number of carbonyl (C=O) groups is 2. The fourth-order valence-corrected chi connectivity index (χ4v) is 3.53. The summed E-state index contributed by atoms with van der Waals surface area (Å²) in [5, 5.41) is 10.3. The number of hydrogen-bond acceptors (Lipinski definition) is 3. The highest BCUT2D eigenvalue weighted by molar-refractivity contribution is 6.27. The first-order valence-electron chi connectivity index (χ1n) is 7.52. The minimum Gasteiger partial charge on any atom is -0.512 e. The normalized spacial score (nSPS) is 21.8. The monoisotopic (exact) mass is 319 g/mol. The number of aliphatic hydroxyl groups is 1. The van der Waals surface area contributed by atoms with Crippen molar-refractivity contribution < 1.29 is 14.7 Å². The van der Waals surface area contributed by atoms with Crippen LogP contribution in [0.3, 0.4) is 0 Å². The van der Waals surface area contributed by atoms with Gasteiger partial charge < -0.3 is 10.0 Å². The van der Waals surface area contributed by atoms with Crippen LogP contribution < -0.4 is 0 Å². The highest BCUT2D eigenvalue weighted by Crippen LogP contribution is 2.39. The lowest BCUT2D eigenvalue weighted by Crippen LogP contribution is -2.43. The molecular formula is C17H18ClNO3. The van der Waals surface area contributed by atoms with Gasteiger partial charge in [-0.2, -0.15) is 0 Å². The topological polar surface area (TPSA) is 57.6 Å². The van der Waals surface area contributed by atoms with Crippen molar-refractivity contribution in [3.63, 3.8) is 0 Å². The van der Waals surface area contributed by atoms with E-state index in [2.05, 4.69) is 0 Å². The van der Waals surface area contributed by atoms with Crippen LogP contribution in [0.5, 0.6) is 0 Å². The maximum Gasteiger partial charge on any atom is 0.238 e. The Morgan fingerprint density at radius 1 is 1.27 bits per heavy atom. The molecule has 0 bridgehead atoms. The fraction of sp³-hybridized carbons (Fsp3) is 0.412. The lowest BCUT2D eigenvalue weighted by Gasteiger charge is -2.39. The van der Waals surface area contributed by atoms with E-state index in [1.165, 1.54) is 0 Å². The smallest absolute Gasteiger partial charge is 0.238 e. The largest absolute Gasteiger partial charge is 0.512 e. The third-order valence-electron chi connectivity index (χ3n) is 4.42. The zero-order chi connectivity index (χ0) is 15.7. The van der Waals surface area contributed by atoms with Gasteiger partial charge in [0.05, 0.1) is 11.6 Å². The number of allylic oxidation sites excluding steroid dienone is 1. The molecule has 0 radical (unpaired) electrons. The number of Topliss-reactive ketones (excluding diaryl/α,β-unsaturated/α-hetero) is 1. The molecule has 116 valence electrons. The number of hydrogen-bond donors (Lipinski definition) is 1. The van der Waals surface area contributed by atoms with Crippen LogP contribution in [-0.4, -0.2) is 34.1 Å². The molecule has 1 N–H and O–H groups in total. The maximum absolute atomic E-state index is 12.4. The summed E-state index contributed by atoms with van der Waals surface area (Å²) in [6, 6.07) is 7.27. The standard InChI is InChI=1S/C17H18ClNO3/c18-10-15(22)19-9-8-11-4-1-2-5-12(11)17(19)16-13(20)6-3-7-14(16)21/h1-2,4-5,17,20H,3,6-10H2/t17-/m1/s1. The molecule has 0 unspecified atom stereocenters. The van der Waals surface area contributed by atoms with Gasteiger partial charge >= 0.3 is 0 Å². The summed E-state index contributed by atoms with van der Waals surface area (Å²) in [4.78, 5) is 26.2. The van der Waals surface area contributed by atoms with Crippen molar-refractivity contribution in [2.75, 3.05) is 12.4 Å². The molecule has 0 fully saturated rings. The van der Waals surface area contributed by atoms with Crippen molar-refractivity contribution in [3.05, 3.63) is 46.7 Å². The minimum absolute atomic E-state index is 0.0715. The van der Waals surface area contributed by atoms with E-state index in [0.717, 1.165) is 17.5 Å². The van der Waals surface area contributed by atoms with Crippen molar-refractivity contribution in [2.45, 2.75) is 31.7 Å². The van der Waals surface area contributed by atoms with Crippen molar-refractivity contribution in [2.24, 2.45) is 0 Å². The van der Waals surface area contributed by atoms with Gasteiger partial charge in [0.2, 0.25) is 5.91 Å². The molecule has 4 nitrogen and oxygen atoms in total. The molecule has 1 amide bonds. The molecule has 0 spiro atoms. The second-order valence-electron chi connectivity index (χ2n) is 5.71. The van der Waals surface area contributed by atoms with Crippen molar-refractivity contribution in [1.29, 1.82) is 0 Å².